The molecule has 0 heterocycles. The zero-order valence-electron chi connectivity index (χ0n) is 14.7. The van der Waals surface area contributed by atoms with Crippen molar-refractivity contribution in [2.45, 2.75) is 65.1 Å². The molecule has 5 heteroatoms. The first kappa shape index (κ1) is 20.3. The number of carbonyl (C=O) groups excluding carboxylic acids is 1. The van der Waals surface area contributed by atoms with Crippen molar-refractivity contribution in [2.75, 3.05) is 33.4 Å². The van der Waals surface area contributed by atoms with Crippen LogP contribution in [0, 0.1) is 0 Å². The number of amides is 1. The largest absolute Gasteiger partial charge is 0.373 e. The van der Waals surface area contributed by atoms with Gasteiger partial charge in [0.2, 0.25) is 5.91 Å². The van der Waals surface area contributed by atoms with Gasteiger partial charge in [0.15, 0.2) is 0 Å². The summed E-state index contributed by atoms with van der Waals surface area (Å²) in [5, 5.41) is 5.99. The van der Waals surface area contributed by atoms with E-state index in [9.17, 15) is 4.79 Å². The van der Waals surface area contributed by atoms with Gasteiger partial charge in [-0.05, 0) is 41.2 Å². The van der Waals surface area contributed by atoms with E-state index in [0.717, 1.165) is 25.9 Å². The molecule has 0 radical (unpaired) electrons. The van der Waals surface area contributed by atoms with Gasteiger partial charge in [-0.2, -0.15) is 0 Å². The molecule has 0 atom stereocenters. The standard InChI is InChI=1S/C16H34N2O3/c1-7-8-10-18-14(19)9-11-20-16(4,5)13-21-15(2,3)12-17-6/h17H,7-13H2,1-6H3,(H,18,19). The Morgan fingerprint density at radius 1 is 1.10 bits per heavy atom. The van der Waals surface area contributed by atoms with E-state index in [-0.39, 0.29) is 11.5 Å². The fourth-order valence-electron chi connectivity index (χ4n) is 1.80. The molecule has 0 rings (SSSR count). The van der Waals surface area contributed by atoms with Gasteiger partial charge in [0, 0.05) is 19.5 Å². The summed E-state index contributed by atoms with van der Waals surface area (Å²) < 4.78 is 11.7. The molecule has 0 aliphatic carbocycles. The number of carbonyl (C=O) groups is 1. The first-order valence-electron chi connectivity index (χ1n) is 7.91. The SMILES string of the molecule is CCCCNC(=O)CCOC(C)(C)COC(C)(C)CNC. The maximum atomic E-state index is 11.6. The summed E-state index contributed by atoms with van der Waals surface area (Å²) in [6.07, 6.45) is 2.50. The molecule has 0 unspecified atom stereocenters. The van der Waals surface area contributed by atoms with Gasteiger partial charge in [0.05, 0.1) is 24.4 Å². The minimum atomic E-state index is -0.394. The third-order valence-electron chi connectivity index (χ3n) is 3.09. The molecule has 0 aliphatic rings. The summed E-state index contributed by atoms with van der Waals surface area (Å²) in [6.45, 7) is 12.6. The Morgan fingerprint density at radius 2 is 1.76 bits per heavy atom. The molecule has 0 aromatic heterocycles. The lowest BCUT2D eigenvalue weighted by Gasteiger charge is -2.32. The van der Waals surface area contributed by atoms with E-state index in [1.807, 2.05) is 34.7 Å². The molecule has 5 nitrogen and oxygen atoms in total. The lowest BCUT2D eigenvalue weighted by molar-refractivity contribution is -0.131. The second-order valence-corrected chi connectivity index (χ2v) is 6.64. The van der Waals surface area contributed by atoms with Crippen LogP contribution in [-0.4, -0.2) is 50.5 Å². The number of nitrogens with one attached hydrogen (secondary N) is 2. The first-order valence-corrected chi connectivity index (χ1v) is 7.91. The van der Waals surface area contributed by atoms with E-state index in [0.29, 0.717) is 19.6 Å². The van der Waals surface area contributed by atoms with Crippen LogP contribution in [-0.2, 0) is 14.3 Å². The van der Waals surface area contributed by atoms with E-state index < -0.39 is 5.60 Å². The van der Waals surface area contributed by atoms with Crippen molar-refractivity contribution in [3.8, 4) is 0 Å². The summed E-state index contributed by atoms with van der Waals surface area (Å²) in [4.78, 5) is 11.6. The van der Waals surface area contributed by atoms with Gasteiger partial charge in [-0.1, -0.05) is 13.3 Å². The summed E-state index contributed by atoms with van der Waals surface area (Å²) in [5.41, 5.74) is -0.623. The van der Waals surface area contributed by atoms with Gasteiger partial charge in [-0.15, -0.1) is 0 Å². The highest BCUT2D eigenvalue weighted by Gasteiger charge is 2.25. The second-order valence-electron chi connectivity index (χ2n) is 6.64. The second kappa shape index (κ2) is 10.1. The van der Waals surface area contributed by atoms with Crippen LogP contribution in [0.25, 0.3) is 0 Å². The molecule has 1 amide bonds. The van der Waals surface area contributed by atoms with Crippen LogP contribution in [0.3, 0.4) is 0 Å². The molecule has 0 aliphatic heterocycles. The maximum Gasteiger partial charge on any atom is 0.222 e. The topological polar surface area (TPSA) is 59.6 Å². The fraction of sp³-hybridized carbons (Fsp3) is 0.938. The summed E-state index contributed by atoms with van der Waals surface area (Å²) >= 11 is 0. The minimum Gasteiger partial charge on any atom is -0.373 e. The van der Waals surface area contributed by atoms with E-state index in [1.54, 1.807) is 0 Å². The Morgan fingerprint density at radius 3 is 2.33 bits per heavy atom. The van der Waals surface area contributed by atoms with Crippen LogP contribution < -0.4 is 10.6 Å². The number of hydrogen-bond acceptors (Lipinski definition) is 4. The van der Waals surface area contributed by atoms with Crippen LogP contribution in [0.15, 0.2) is 0 Å². The predicted octanol–water partition coefficient (Wildman–Crippen LogP) is 2.10. The molecule has 0 saturated carbocycles. The molecule has 0 bridgehead atoms. The summed E-state index contributed by atoms with van der Waals surface area (Å²) in [6, 6.07) is 0. The Balaban J connectivity index is 3.89. The Kier molecular flexibility index (Phi) is 9.83. The van der Waals surface area contributed by atoms with Crippen molar-refractivity contribution >= 4 is 5.91 Å². The van der Waals surface area contributed by atoms with Crippen LogP contribution in [0.4, 0.5) is 0 Å². The van der Waals surface area contributed by atoms with Gasteiger partial charge in [-0.3, -0.25) is 4.79 Å². The van der Waals surface area contributed by atoms with Gasteiger partial charge in [0.1, 0.15) is 0 Å². The van der Waals surface area contributed by atoms with Crippen molar-refractivity contribution < 1.29 is 14.3 Å². The van der Waals surface area contributed by atoms with E-state index in [4.69, 9.17) is 9.47 Å². The zero-order chi connectivity index (χ0) is 16.4. The zero-order valence-corrected chi connectivity index (χ0v) is 14.7. The molecule has 0 saturated heterocycles. The number of unbranched alkanes of at least 4 members (excludes halogenated alkanes) is 1. The fourth-order valence-corrected chi connectivity index (χ4v) is 1.80. The number of hydrogen-bond donors (Lipinski definition) is 2. The van der Waals surface area contributed by atoms with Crippen LogP contribution in [0.2, 0.25) is 0 Å². The average Bonchev–Trinajstić information content (AvgIpc) is 2.37. The smallest absolute Gasteiger partial charge is 0.222 e. The third-order valence-corrected chi connectivity index (χ3v) is 3.09. The Hall–Kier alpha value is -0.650. The molecule has 0 fully saturated rings. The van der Waals surface area contributed by atoms with Crippen LogP contribution in [0.5, 0.6) is 0 Å². The van der Waals surface area contributed by atoms with Crippen molar-refractivity contribution in [3.05, 3.63) is 0 Å². The summed E-state index contributed by atoms with van der Waals surface area (Å²) in [5.74, 6) is 0.0516. The average molecular weight is 302 g/mol. The van der Waals surface area contributed by atoms with E-state index in [1.165, 1.54) is 0 Å². The lowest BCUT2D eigenvalue weighted by atomic mass is 10.1. The highest BCUT2D eigenvalue weighted by molar-refractivity contribution is 5.75. The van der Waals surface area contributed by atoms with Gasteiger partial charge in [-0.25, -0.2) is 0 Å². The minimum absolute atomic E-state index is 0.0516. The third kappa shape index (κ3) is 11.7. The van der Waals surface area contributed by atoms with Crippen molar-refractivity contribution in [1.82, 2.24) is 10.6 Å². The molecule has 0 spiro atoms. The molecular weight excluding hydrogens is 268 g/mol. The molecule has 2 N–H and O–H groups in total. The number of likely N-dealkylation sites (N-methyl/N-ethyl adjacent to an activating group) is 1. The highest BCUT2D eigenvalue weighted by Crippen LogP contribution is 2.16. The Bertz CT molecular complexity index is 291. The molecule has 126 valence electrons. The van der Waals surface area contributed by atoms with Gasteiger partial charge in [0.25, 0.3) is 0 Å². The maximum absolute atomic E-state index is 11.6. The number of rotatable bonds is 12. The predicted molar refractivity (Wildman–Crippen MR) is 86.5 cm³/mol. The van der Waals surface area contributed by atoms with Crippen molar-refractivity contribution in [2.24, 2.45) is 0 Å². The monoisotopic (exact) mass is 302 g/mol. The summed E-state index contributed by atoms with van der Waals surface area (Å²) in [7, 11) is 1.91. The normalized spacial score (nSPS) is 12.5. The van der Waals surface area contributed by atoms with Crippen molar-refractivity contribution in [3.63, 3.8) is 0 Å². The van der Waals surface area contributed by atoms with Crippen LogP contribution >= 0.6 is 0 Å². The first-order chi connectivity index (χ1) is 9.72. The van der Waals surface area contributed by atoms with Gasteiger partial charge < -0.3 is 20.1 Å². The molecular formula is C16H34N2O3. The molecule has 21 heavy (non-hydrogen) atoms. The lowest BCUT2D eigenvalue weighted by Crippen LogP contribution is -2.42. The van der Waals surface area contributed by atoms with Crippen molar-refractivity contribution in [1.29, 1.82) is 0 Å². The Labute approximate surface area is 130 Å². The molecule has 0 aromatic rings. The van der Waals surface area contributed by atoms with E-state index in [2.05, 4.69) is 17.6 Å². The van der Waals surface area contributed by atoms with E-state index >= 15 is 0 Å². The quantitative estimate of drug-likeness (QED) is 0.542. The number of ether oxygens (including phenoxy) is 2. The highest BCUT2D eigenvalue weighted by atomic mass is 16.6. The van der Waals surface area contributed by atoms with Gasteiger partial charge >= 0.3 is 0 Å². The van der Waals surface area contributed by atoms with Crippen LogP contribution in [0.1, 0.15) is 53.9 Å². The molecule has 0 aromatic carbocycles.